The Balaban J connectivity index is 1.94. The van der Waals surface area contributed by atoms with Crippen molar-refractivity contribution < 1.29 is 22.7 Å². The molecule has 0 aromatic carbocycles. The third-order valence-corrected chi connectivity index (χ3v) is 4.09. The molecule has 0 atom stereocenters. The van der Waals surface area contributed by atoms with E-state index >= 15 is 0 Å². The molecule has 0 saturated heterocycles. The van der Waals surface area contributed by atoms with Crippen LogP contribution in [0.3, 0.4) is 0 Å². The predicted molar refractivity (Wildman–Crippen MR) is 103 cm³/mol. The summed E-state index contributed by atoms with van der Waals surface area (Å²) in [4.78, 5) is 20.6. The molecule has 3 heterocycles. The lowest BCUT2D eigenvalue weighted by Gasteiger charge is -2.12. The molecule has 29 heavy (non-hydrogen) atoms. The summed E-state index contributed by atoms with van der Waals surface area (Å²) in [5, 5.41) is 2.63. The number of carbonyl (C=O) groups excluding carboxylic acids is 1. The maximum Gasteiger partial charge on any atom is 0.280 e. The number of anilines is 1. The van der Waals surface area contributed by atoms with E-state index in [4.69, 9.17) is 4.74 Å². The number of hydrogen-bond acceptors (Lipinski definition) is 4. The molecule has 0 spiro atoms. The lowest BCUT2D eigenvalue weighted by molar-refractivity contribution is 0.101. The third-order valence-electron chi connectivity index (χ3n) is 4.09. The number of amides is 1. The van der Waals surface area contributed by atoms with E-state index in [2.05, 4.69) is 21.9 Å². The number of fused-ring (bicyclic) bond motifs is 1. The number of ether oxygens (including phenoxy) is 1. The lowest BCUT2D eigenvalue weighted by atomic mass is 10.2. The lowest BCUT2D eigenvalue weighted by Crippen LogP contribution is -2.16. The quantitative estimate of drug-likeness (QED) is 0.591. The summed E-state index contributed by atoms with van der Waals surface area (Å²) in [5.41, 5.74) is 1.29. The van der Waals surface area contributed by atoms with Gasteiger partial charge in [0.15, 0.2) is 0 Å². The second-order valence-corrected chi connectivity index (χ2v) is 6.12. The number of hydrogen-bond donors (Lipinski definition) is 1. The molecule has 3 aromatic heterocycles. The standard InChI is InChI=1S/C20H19F3N4O2/c1-3-29-17-9-18-25-15(12(2)7-8-21)10-27(18)11-16(17)26-20(28)14-6-4-5-13(24-14)19(22)23/h4-6,9-11,19H,2-3,7-8H2,1H3,(H,26,28). The Labute approximate surface area is 165 Å². The van der Waals surface area contributed by atoms with Crippen molar-refractivity contribution in [3.63, 3.8) is 0 Å². The third kappa shape index (κ3) is 4.56. The van der Waals surface area contributed by atoms with Gasteiger partial charge >= 0.3 is 0 Å². The van der Waals surface area contributed by atoms with Crippen LogP contribution in [-0.2, 0) is 0 Å². The van der Waals surface area contributed by atoms with E-state index in [1.807, 2.05) is 0 Å². The minimum atomic E-state index is -2.78. The van der Waals surface area contributed by atoms with Crippen LogP contribution >= 0.6 is 0 Å². The number of imidazole rings is 1. The first kappa shape index (κ1) is 20.4. The van der Waals surface area contributed by atoms with Gasteiger partial charge in [-0.05, 0) is 24.6 Å². The SMILES string of the molecule is C=C(CCF)c1cn2cc(NC(=O)c3cccc(C(F)F)n3)c(OCC)cc2n1. The average molecular weight is 404 g/mol. The largest absolute Gasteiger partial charge is 0.491 e. The fourth-order valence-corrected chi connectivity index (χ4v) is 2.68. The number of nitrogens with zero attached hydrogens (tertiary/aromatic N) is 3. The molecule has 0 aliphatic rings. The molecular formula is C20H19F3N4O2. The number of nitrogens with one attached hydrogen (secondary N) is 1. The van der Waals surface area contributed by atoms with Crippen molar-refractivity contribution in [1.82, 2.24) is 14.4 Å². The summed E-state index contributed by atoms with van der Waals surface area (Å²) in [5.74, 6) is -0.304. The van der Waals surface area contributed by atoms with Crippen molar-refractivity contribution >= 4 is 22.8 Å². The van der Waals surface area contributed by atoms with E-state index in [9.17, 15) is 18.0 Å². The van der Waals surface area contributed by atoms with Crippen LogP contribution in [0.2, 0.25) is 0 Å². The van der Waals surface area contributed by atoms with E-state index in [-0.39, 0.29) is 12.1 Å². The van der Waals surface area contributed by atoms with Crippen molar-refractivity contribution in [1.29, 1.82) is 0 Å². The van der Waals surface area contributed by atoms with E-state index in [0.717, 1.165) is 6.07 Å². The molecule has 0 fully saturated rings. The fraction of sp³-hybridized carbons (Fsp3) is 0.250. The second-order valence-electron chi connectivity index (χ2n) is 6.12. The maximum atomic E-state index is 12.8. The van der Waals surface area contributed by atoms with Crippen LogP contribution in [0.25, 0.3) is 11.2 Å². The first-order chi connectivity index (χ1) is 13.9. The Morgan fingerprint density at radius 2 is 2.07 bits per heavy atom. The Bertz CT molecular complexity index is 1050. The zero-order valence-corrected chi connectivity index (χ0v) is 15.7. The molecule has 0 saturated carbocycles. The van der Waals surface area contributed by atoms with Gasteiger partial charge in [0.2, 0.25) is 0 Å². The fourth-order valence-electron chi connectivity index (χ4n) is 2.68. The van der Waals surface area contributed by atoms with Crippen molar-refractivity contribution in [3.05, 3.63) is 60.3 Å². The number of rotatable bonds is 8. The molecule has 152 valence electrons. The van der Waals surface area contributed by atoms with Crippen molar-refractivity contribution in [3.8, 4) is 5.75 Å². The number of alkyl halides is 3. The van der Waals surface area contributed by atoms with Crippen molar-refractivity contribution in [2.24, 2.45) is 0 Å². The van der Waals surface area contributed by atoms with Crippen LogP contribution in [0.1, 0.15) is 41.6 Å². The Kier molecular flexibility index (Phi) is 6.16. The number of halogens is 3. The van der Waals surface area contributed by atoms with Gasteiger partial charge in [-0.3, -0.25) is 9.18 Å². The van der Waals surface area contributed by atoms with Gasteiger partial charge < -0.3 is 14.5 Å². The van der Waals surface area contributed by atoms with Crippen LogP contribution < -0.4 is 10.1 Å². The predicted octanol–water partition coefficient (Wildman–Crippen LogP) is 4.69. The molecule has 1 N–H and O–H groups in total. The van der Waals surface area contributed by atoms with Gasteiger partial charge in [0.25, 0.3) is 12.3 Å². The van der Waals surface area contributed by atoms with Gasteiger partial charge in [0.05, 0.1) is 19.0 Å². The molecule has 1 amide bonds. The first-order valence-corrected chi connectivity index (χ1v) is 8.89. The minimum absolute atomic E-state index is 0.145. The summed E-state index contributed by atoms with van der Waals surface area (Å²) in [6.45, 7) is 5.39. The van der Waals surface area contributed by atoms with Crippen LogP contribution in [0, 0.1) is 0 Å². The minimum Gasteiger partial charge on any atom is -0.491 e. The molecule has 3 aromatic rings. The van der Waals surface area contributed by atoms with Crippen molar-refractivity contribution in [2.75, 3.05) is 18.6 Å². The highest BCUT2D eigenvalue weighted by atomic mass is 19.3. The van der Waals surface area contributed by atoms with Gasteiger partial charge in [-0.1, -0.05) is 12.6 Å². The highest BCUT2D eigenvalue weighted by molar-refractivity contribution is 6.03. The Morgan fingerprint density at radius 3 is 2.76 bits per heavy atom. The van der Waals surface area contributed by atoms with Crippen LogP contribution in [-0.4, -0.2) is 33.6 Å². The summed E-state index contributed by atoms with van der Waals surface area (Å²) in [6, 6.07) is 5.45. The number of allylic oxidation sites excluding steroid dienone is 1. The molecule has 0 aliphatic heterocycles. The molecule has 3 rings (SSSR count). The van der Waals surface area contributed by atoms with Crippen LogP contribution in [0.4, 0.5) is 18.9 Å². The van der Waals surface area contributed by atoms with Gasteiger partial charge in [0, 0.05) is 24.9 Å². The highest BCUT2D eigenvalue weighted by Crippen LogP contribution is 2.28. The van der Waals surface area contributed by atoms with E-state index in [0.29, 0.717) is 35.0 Å². The normalized spacial score (nSPS) is 11.1. The van der Waals surface area contributed by atoms with E-state index < -0.39 is 24.7 Å². The van der Waals surface area contributed by atoms with Gasteiger partial charge in [-0.2, -0.15) is 0 Å². The van der Waals surface area contributed by atoms with Crippen LogP contribution in [0.5, 0.6) is 5.75 Å². The first-order valence-electron chi connectivity index (χ1n) is 8.89. The van der Waals surface area contributed by atoms with E-state index in [1.165, 1.54) is 12.1 Å². The zero-order chi connectivity index (χ0) is 21.0. The summed E-state index contributed by atoms with van der Waals surface area (Å²) >= 11 is 0. The molecular weight excluding hydrogens is 385 g/mol. The van der Waals surface area contributed by atoms with Gasteiger partial charge in [-0.15, -0.1) is 0 Å². The van der Waals surface area contributed by atoms with Gasteiger partial charge in [0.1, 0.15) is 28.5 Å². The molecule has 6 nitrogen and oxygen atoms in total. The number of aromatic nitrogens is 3. The molecule has 0 aliphatic carbocycles. The molecule has 0 unspecified atom stereocenters. The van der Waals surface area contributed by atoms with Gasteiger partial charge in [-0.25, -0.2) is 18.7 Å². The summed E-state index contributed by atoms with van der Waals surface area (Å²) in [7, 11) is 0. The summed E-state index contributed by atoms with van der Waals surface area (Å²) in [6.07, 6.45) is 0.626. The zero-order valence-electron chi connectivity index (χ0n) is 15.7. The van der Waals surface area contributed by atoms with Crippen molar-refractivity contribution in [2.45, 2.75) is 19.8 Å². The average Bonchev–Trinajstić information content (AvgIpc) is 3.11. The number of pyridine rings is 2. The Hall–Kier alpha value is -3.36. The molecule has 9 heteroatoms. The maximum absolute atomic E-state index is 12.8. The monoisotopic (exact) mass is 404 g/mol. The van der Waals surface area contributed by atoms with Crippen LogP contribution in [0.15, 0.2) is 43.2 Å². The smallest absolute Gasteiger partial charge is 0.280 e. The molecule has 0 radical (unpaired) electrons. The second kappa shape index (κ2) is 8.76. The number of carbonyl (C=O) groups is 1. The summed E-state index contributed by atoms with van der Waals surface area (Å²) < 4.78 is 45.5. The molecule has 0 bridgehead atoms. The highest BCUT2D eigenvalue weighted by Gasteiger charge is 2.17. The topological polar surface area (TPSA) is 68.5 Å². The Morgan fingerprint density at radius 1 is 1.28 bits per heavy atom. The van der Waals surface area contributed by atoms with E-state index in [1.54, 1.807) is 29.8 Å².